The van der Waals surface area contributed by atoms with Crippen LogP contribution in [0.25, 0.3) is 44.2 Å². The maximum absolute atomic E-state index is 6.66. The minimum atomic E-state index is -0.365. The van der Waals surface area contributed by atoms with Gasteiger partial charge in [-0.15, -0.1) is 0 Å². The fourth-order valence-corrected chi connectivity index (χ4v) is 7.10. The topological polar surface area (TPSA) is 0 Å². The van der Waals surface area contributed by atoms with Crippen LogP contribution in [-0.4, -0.2) is 0 Å². The standard InChI is InChI=1S/C35H21Cl/c36-33-21-20-23(22-10-1-2-14-27(22)33)28-15-9-16-29-26-13-5-8-19-32(26)35(34(28)29)30-17-6-3-11-24(30)25-12-4-7-18-31(25)35/h1-21H. The van der Waals surface area contributed by atoms with Crippen LogP contribution in [0.3, 0.4) is 0 Å². The highest BCUT2D eigenvalue weighted by atomic mass is 35.5. The lowest BCUT2D eigenvalue weighted by atomic mass is 9.68. The molecule has 0 amide bonds. The molecule has 0 saturated heterocycles. The lowest BCUT2D eigenvalue weighted by Crippen LogP contribution is -2.26. The molecule has 2 aliphatic carbocycles. The van der Waals surface area contributed by atoms with Gasteiger partial charge in [0.1, 0.15) is 0 Å². The Hall–Kier alpha value is -4.13. The minimum Gasteiger partial charge on any atom is -0.0837 e. The number of benzene rings is 6. The molecule has 2 aliphatic rings. The fraction of sp³-hybridized carbons (Fsp3) is 0.0286. The Balaban J connectivity index is 1.59. The van der Waals surface area contributed by atoms with E-state index in [4.69, 9.17) is 11.6 Å². The molecule has 0 aliphatic heterocycles. The Morgan fingerprint density at radius 3 is 1.42 bits per heavy atom. The predicted molar refractivity (Wildman–Crippen MR) is 151 cm³/mol. The molecule has 0 radical (unpaired) electrons. The van der Waals surface area contributed by atoms with E-state index in [1.807, 2.05) is 6.07 Å². The maximum Gasteiger partial charge on any atom is 0.0731 e. The van der Waals surface area contributed by atoms with Gasteiger partial charge in [-0.3, -0.25) is 0 Å². The Morgan fingerprint density at radius 2 is 0.806 bits per heavy atom. The van der Waals surface area contributed by atoms with E-state index in [9.17, 15) is 0 Å². The maximum atomic E-state index is 6.66. The lowest BCUT2D eigenvalue weighted by Gasteiger charge is -2.32. The quantitative estimate of drug-likeness (QED) is 0.221. The summed E-state index contributed by atoms with van der Waals surface area (Å²) >= 11 is 6.66. The minimum absolute atomic E-state index is 0.365. The van der Waals surface area contributed by atoms with E-state index in [0.29, 0.717) is 0 Å². The number of rotatable bonds is 1. The SMILES string of the molecule is Clc1ccc(-c2cccc3c2C2(c4ccccc4-c4ccccc42)c2ccccc2-3)c2ccccc12. The van der Waals surface area contributed by atoms with Gasteiger partial charge in [-0.25, -0.2) is 0 Å². The van der Waals surface area contributed by atoms with Crippen molar-refractivity contribution in [2.75, 3.05) is 0 Å². The van der Waals surface area contributed by atoms with Crippen LogP contribution in [0.2, 0.25) is 5.02 Å². The molecule has 36 heavy (non-hydrogen) atoms. The molecule has 0 saturated carbocycles. The van der Waals surface area contributed by atoms with Crippen LogP contribution in [0.4, 0.5) is 0 Å². The summed E-state index contributed by atoms with van der Waals surface area (Å²) in [4.78, 5) is 0. The molecule has 0 atom stereocenters. The molecule has 0 bridgehead atoms. The Kier molecular flexibility index (Phi) is 4.02. The van der Waals surface area contributed by atoms with E-state index >= 15 is 0 Å². The summed E-state index contributed by atoms with van der Waals surface area (Å²) < 4.78 is 0. The Labute approximate surface area is 215 Å². The number of hydrogen-bond acceptors (Lipinski definition) is 0. The lowest BCUT2D eigenvalue weighted by molar-refractivity contribution is 0.796. The first-order valence-corrected chi connectivity index (χ1v) is 12.8. The van der Waals surface area contributed by atoms with Crippen LogP contribution >= 0.6 is 11.6 Å². The number of halogens is 1. The second-order valence-corrected chi connectivity index (χ2v) is 10.2. The summed E-state index contributed by atoms with van der Waals surface area (Å²) in [7, 11) is 0. The molecular formula is C35H21Cl. The van der Waals surface area contributed by atoms with Crippen molar-refractivity contribution in [1.82, 2.24) is 0 Å². The third-order valence-electron chi connectivity index (χ3n) is 8.17. The smallest absolute Gasteiger partial charge is 0.0731 e. The van der Waals surface area contributed by atoms with E-state index in [1.165, 1.54) is 61.0 Å². The molecule has 1 spiro atoms. The van der Waals surface area contributed by atoms with Crippen LogP contribution in [-0.2, 0) is 5.41 Å². The molecule has 8 rings (SSSR count). The van der Waals surface area contributed by atoms with E-state index in [0.717, 1.165) is 10.4 Å². The average Bonchev–Trinajstić information content (AvgIpc) is 3.41. The molecule has 6 aromatic carbocycles. The average molecular weight is 477 g/mol. The first-order chi connectivity index (χ1) is 17.8. The summed E-state index contributed by atoms with van der Waals surface area (Å²) in [5.41, 5.74) is 12.9. The third-order valence-corrected chi connectivity index (χ3v) is 8.50. The van der Waals surface area contributed by atoms with Crippen molar-refractivity contribution in [2.45, 2.75) is 5.41 Å². The summed E-state index contributed by atoms with van der Waals surface area (Å²) in [6, 6.07) is 46.4. The van der Waals surface area contributed by atoms with Gasteiger partial charge in [-0.1, -0.05) is 133 Å². The van der Waals surface area contributed by atoms with Gasteiger partial charge in [-0.05, 0) is 67.1 Å². The zero-order valence-electron chi connectivity index (χ0n) is 19.5. The van der Waals surface area contributed by atoms with Crippen LogP contribution in [0, 0.1) is 0 Å². The van der Waals surface area contributed by atoms with Crippen LogP contribution < -0.4 is 0 Å². The monoisotopic (exact) mass is 476 g/mol. The van der Waals surface area contributed by atoms with E-state index < -0.39 is 0 Å². The molecule has 0 aromatic heterocycles. The van der Waals surface area contributed by atoms with Crippen molar-refractivity contribution in [3.63, 3.8) is 0 Å². The summed E-state index contributed by atoms with van der Waals surface area (Å²) in [5, 5.41) is 3.06. The largest absolute Gasteiger partial charge is 0.0837 e. The van der Waals surface area contributed by atoms with Crippen LogP contribution in [0.1, 0.15) is 22.3 Å². The predicted octanol–water partition coefficient (Wildman–Crippen LogP) is 9.50. The summed E-state index contributed by atoms with van der Waals surface area (Å²) in [5.74, 6) is 0. The Bertz CT molecular complexity index is 1800. The fourth-order valence-electron chi connectivity index (χ4n) is 6.88. The molecule has 0 N–H and O–H groups in total. The molecule has 6 aromatic rings. The number of hydrogen-bond donors (Lipinski definition) is 0. The van der Waals surface area contributed by atoms with Gasteiger partial charge in [0.05, 0.1) is 5.41 Å². The summed E-state index contributed by atoms with van der Waals surface area (Å²) in [6.45, 7) is 0. The van der Waals surface area contributed by atoms with Gasteiger partial charge >= 0.3 is 0 Å². The van der Waals surface area contributed by atoms with Crippen LogP contribution in [0.5, 0.6) is 0 Å². The zero-order chi connectivity index (χ0) is 23.9. The third kappa shape index (κ3) is 2.35. The van der Waals surface area contributed by atoms with Gasteiger partial charge in [0, 0.05) is 10.4 Å². The second-order valence-electron chi connectivity index (χ2n) is 9.76. The van der Waals surface area contributed by atoms with Crippen molar-refractivity contribution in [3.8, 4) is 33.4 Å². The number of fused-ring (bicyclic) bond motifs is 11. The summed E-state index contributed by atoms with van der Waals surface area (Å²) in [6.07, 6.45) is 0. The molecule has 0 heterocycles. The highest BCUT2D eigenvalue weighted by molar-refractivity contribution is 6.36. The highest BCUT2D eigenvalue weighted by Gasteiger charge is 2.52. The van der Waals surface area contributed by atoms with E-state index in [-0.39, 0.29) is 5.41 Å². The molecular weight excluding hydrogens is 456 g/mol. The van der Waals surface area contributed by atoms with Gasteiger partial charge in [0.2, 0.25) is 0 Å². The van der Waals surface area contributed by atoms with Crippen molar-refractivity contribution in [2.24, 2.45) is 0 Å². The van der Waals surface area contributed by atoms with Crippen molar-refractivity contribution in [1.29, 1.82) is 0 Å². The van der Waals surface area contributed by atoms with Crippen LogP contribution in [0.15, 0.2) is 127 Å². The van der Waals surface area contributed by atoms with Crippen molar-refractivity contribution in [3.05, 3.63) is 155 Å². The van der Waals surface area contributed by atoms with Crippen molar-refractivity contribution >= 4 is 22.4 Å². The molecule has 168 valence electrons. The first-order valence-electron chi connectivity index (χ1n) is 12.4. The van der Waals surface area contributed by atoms with Gasteiger partial charge in [0.25, 0.3) is 0 Å². The highest BCUT2D eigenvalue weighted by Crippen LogP contribution is 2.64. The zero-order valence-corrected chi connectivity index (χ0v) is 20.3. The Morgan fingerprint density at radius 1 is 0.361 bits per heavy atom. The second kappa shape index (κ2) is 7.20. The van der Waals surface area contributed by atoms with Crippen molar-refractivity contribution < 1.29 is 0 Å². The van der Waals surface area contributed by atoms with E-state index in [2.05, 4.69) is 121 Å². The van der Waals surface area contributed by atoms with E-state index in [1.54, 1.807) is 0 Å². The van der Waals surface area contributed by atoms with Gasteiger partial charge < -0.3 is 0 Å². The molecule has 1 heteroatoms. The van der Waals surface area contributed by atoms with Gasteiger partial charge in [-0.2, -0.15) is 0 Å². The molecule has 0 nitrogen and oxygen atoms in total. The molecule has 0 fully saturated rings. The molecule has 0 unspecified atom stereocenters. The van der Waals surface area contributed by atoms with Gasteiger partial charge in [0.15, 0.2) is 0 Å². The first kappa shape index (κ1) is 20.1. The normalized spacial score (nSPS) is 13.9.